The van der Waals surface area contributed by atoms with Gasteiger partial charge in [-0.05, 0) is 66.9 Å². The Hall–Kier alpha value is -3.91. The number of carbonyl (C=O) groups excluding carboxylic acids is 1. The fourth-order valence-corrected chi connectivity index (χ4v) is 4.03. The van der Waals surface area contributed by atoms with Crippen LogP contribution >= 0.6 is 0 Å². The molecule has 0 atom stereocenters. The van der Waals surface area contributed by atoms with Crippen LogP contribution in [0.4, 0.5) is 11.6 Å². The van der Waals surface area contributed by atoms with Crippen LogP contribution in [0.25, 0.3) is 16.8 Å². The van der Waals surface area contributed by atoms with Gasteiger partial charge in [0.2, 0.25) is 5.95 Å². The van der Waals surface area contributed by atoms with Crippen molar-refractivity contribution in [3.63, 3.8) is 0 Å². The summed E-state index contributed by atoms with van der Waals surface area (Å²) in [5.74, 6) is 1.26. The molecule has 1 aliphatic rings. The summed E-state index contributed by atoms with van der Waals surface area (Å²) in [7, 11) is 1.65. The second-order valence-corrected chi connectivity index (χ2v) is 8.08. The highest BCUT2D eigenvalue weighted by Crippen LogP contribution is 2.27. The quantitative estimate of drug-likeness (QED) is 0.488. The van der Waals surface area contributed by atoms with Crippen molar-refractivity contribution >= 4 is 23.2 Å². The summed E-state index contributed by atoms with van der Waals surface area (Å²) in [6.45, 7) is 1.17. The van der Waals surface area contributed by atoms with Gasteiger partial charge in [-0.3, -0.25) is 4.79 Å². The van der Waals surface area contributed by atoms with Crippen LogP contribution in [0.3, 0.4) is 0 Å². The summed E-state index contributed by atoms with van der Waals surface area (Å²) in [5.41, 5.74) is 4.15. The molecule has 8 nitrogen and oxygen atoms in total. The van der Waals surface area contributed by atoms with E-state index in [9.17, 15) is 9.90 Å². The van der Waals surface area contributed by atoms with Gasteiger partial charge in [-0.15, -0.1) is 5.10 Å². The van der Waals surface area contributed by atoms with Gasteiger partial charge in [0.05, 0.1) is 13.2 Å². The number of fused-ring (bicyclic) bond motifs is 1. The Labute approximate surface area is 191 Å². The largest absolute Gasteiger partial charge is 0.497 e. The first-order chi connectivity index (χ1) is 16.1. The molecule has 2 aromatic heterocycles. The summed E-state index contributed by atoms with van der Waals surface area (Å²) < 4.78 is 6.99. The molecule has 0 bridgehead atoms. The highest BCUT2D eigenvalue weighted by Gasteiger charge is 2.22. The average Bonchev–Trinajstić information content (AvgIpc) is 3.27. The van der Waals surface area contributed by atoms with Crippen LogP contribution in [0.1, 0.15) is 23.2 Å². The third-order valence-electron chi connectivity index (χ3n) is 5.90. The van der Waals surface area contributed by atoms with E-state index in [1.807, 2.05) is 54.7 Å². The Balaban J connectivity index is 1.33. The van der Waals surface area contributed by atoms with Gasteiger partial charge in [0.1, 0.15) is 5.75 Å². The van der Waals surface area contributed by atoms with Crippen LogP contribution in [-0.2, 0) is 0 Å². The molecule has 0 unspecified atom stereocenters. The molecule has 0 saturated carbocycles. The molecule has 3 heterocycles. The lowest BCUT2D eigenvalue weighted by molar-refractivity contribution is 0.0546. The van der Waals surface area contributed by atoms with Gasteiger partial charge in [0.15, 0.2) is 5.65 Å². The SMILES string of the molecule is COc1ccc(-c2cccn3nc(Nc4ccc(C(=O)N5CCC(O)CC5)cc4)nc23)cc1. The molecule has 2 aromatic carbocycles. The first-order valence-electron chi connectivity index (χ1n) is 10.9. The van der Waals surface area contributed by atoms with Crippen LogP contribution in [0.2, 0.25) is 0 Å². The molecule has 1 amide bonds. The lowest BCUT2D eigenvalue weighted by atomic mass is 10.1. The van der Waals surface area contributed by atoms with Crippen LogP contribution in [0.15, 0.2) is 66.9 Å². The zero-order chi connectivity index (χ0) is 22.8. The van der Waals surface area contributed by atoms with Crippen LogP contribution < -0.4 is 10.1 Å². The number of nitrogens with zero attached hydrogens (tertiary/aromatic N) is 4. The summed E-state index contributed by atoms with van der Waals surface area (Å²) in [4.78, 5) is 19.2. The predicted molar refractivity (Wildman–Crippen MR) is 126 cm³/mol. The number of nitrogens with one attached hydrogen (secondary N) is 1. The Bertz CT molecular complexity index is 1260. The number of ether oxygens (including phenoxy) is 1. The van der Waals surface area contributed by atoms with Crippen molar-refractivity contribution in [2.24, 2.45) is 0 Å². The van der Waals surface area contributed by atoms with E-state index in [1.54, 1.807) is 28.7 Å². The van der Waals surface area contributed by atoms with E-state index in [1.165, 1.54) is 0 Å². The van der Waals surface area contributed by atoms with Crippen LogP contribution in [-0.4, -0.2) is 56.8 Å². The zero-order valence-electron chi connectivity index (χ0n) is 18.3. The van der Waals surface area contributed by atoms with Gasteiger partial charge >= 0.3 is 0 Å². The molecule has 1 fully saturated rings. The third kappa shape index (κ3) is 4.38. The lowest BCUT2D eigenvalue weighted by Crippen LogP contribution is -2.40. The van der Waals surface area contributed by atoms with Gasteiger partial charge in [-0.2, -0.15) is 4.98 Å². The highest BCUT2D eigenvalue weighted by molar-refractivity contribution is 5.94. The van der Waals surface area contributed by atoms with Crippen molar-refractivity contribution < 1.29 is 14.6 Å². The zero-order valence-corrected chi connectivity index (χ0v) is 18.3. The van der Waals surface area contributed by atoms with E-state index in [2.05, 4.69) is 15.4 Å². The normalized spacial score (nSPS) is 14.4. The fraction of sp³-hybridized carbons (Fsp3) is 0.240. The number of rotatable bonds is 5. The minimum atomic E-state index is -0.302. The van der Waals surface area contributed by atoms with Crippen molar-refractivity contribution in [3.05, 3.63) is 72.4 Å². The summed E-state index contributed by atoms with van der Waals surface area (Å²) in [6.07, 6.45) is 2.81. The molecule has 33 heavy (non-hydrogen) atoms. The number of benzene rings is 2. The number of anilines is 2. The summed E-state index contributed by atoms with van der Waals surface area (Å²) in [5, 5.41) is 17.4. The predicted octanol–water partition coefficient (Wildman–Crippen LogP) is 3.75. The summed E-state index contributed by atoms with van der Waals surface area (Å²) >= 11 is 0. The Morgan fingerprint density at radius 1 is 1.06 bits per heavy atom. The smallest absolute Gasteiger partial charge is 0.253 e. The van der Waals surface area contributed by atoms with Crippen molar-refractivity contribution in [1.82, 2.24) is 19.5 Å². The number of aromatic nitrogens is 3. The van der Waals surface area contributed by atoms with Gasteiger partial charge in [0.25, 0.3) is 5.91 Å². The van der Waals surface area contributed by atoms with Crippen molar-refractivity contribution in [1.29, 1.82) is 0 Å². The minimum absolute atomic E-state index is 0.0107. The van der Waals surface area contributed by atoms with Gasteiger partial charge < -0.3 is 20.1 Å². The Morgan fingerprint density at radius 3 is 2.48 bits per heavy atom. The number of likely N-dealkylation sites (tertiary alicyclic amines) is 1. The maximum atomic E-state index is 12.7. The van der Waals surface area contributed by atoms with Gasteiger partial charge in [-0.1, -0.05) is 12.1 Å². The van der Waals surface area contributed by atoms with Crippen molar-refractivity contribution in [3.8, 4) is 16.9 Å². The molecule has 168 valence electrons. The van der Waals surface area contributed by atoms with Gasteiger partial charge in [-0.25, -0.2) is 4.52 Å². The number of methoxy groups -OCH3 is 1. The number of piperidine rings is 1. The van der Waals surface area contributed by atoms with Crippen molar-refractivity contribution in [2.75, 3.05) is 25.5 Å². The van der Waals surface area contributed by atoms with E-state index in [-0.39, 0.29) is 12.0 Å². The van der Waals surface area contributed by atoms with E-state index in [0.717, 1.165) is 28.2 Å². The van der Waals surface area contributed by atoms with Crippen LogP contribution in [0.5, 0.6) is 5.75 Å². The molecule has 1 aliphatic heterocycles. The molecule has 4 aromatic rings. The molecule has 2 N–H and O–H groups in total. The monoisotopic (exact) mass is 443 g/mol. The van der Waals surface area contributed by atoms with Crippen molar-refractivity contribution in [2.45, 2.75) is 18.9 Å². The highest BCUT2D eigenvalue weighted by atomic mass is 16.5. The van der Waals surface area contributed by atoms with E-state index in [0.29, 0.717) is 37.4 Å². The molecule has 1 saturated heterocycles. The number of amides is 1. The minimum Gasteiger partial charge on any atom is -0.497 e. The van der Waals surface area contributed by atoms with Crippen LogP contribution in [0, 0.1) is 0 Å². The third-order valence-corrected chi connectivity index (χ3v) is 5.90. The van der Waals surface area contributed by atoms with E-state index >= 15 is 0 Å². The van der Waals surface area contributed by atoms with E-state index in [4.69, 9.17) is 4.74 Å². The second-order valence-electron chi connectivity index (χ2n) is 8.08. The summed E-state index contributed by atoms with van der Waals surface area (Å²) in [6, 6.07) is 19.1. The molecular formula is C25H25N5O3. The average molecular weight is 444 g/mol. The Kier molecular flexibility index (Phi) is 5.66. The lowest BCUT2D eigenvalue weighted by Gasteiger charge is -2.29. The first-order valence-corrected chi connectivity index (χ1v) is 10.9. The molecular weight excluding hydrogens is 418 g/mol. The Morgan fingerprint density at radius 2 is 1.79 bits per heavy atom. The molecule has 8 heteroatoms. The number of hydrogen-bond acceptors (Lipinski definition) is 6. The number of carbonyl (C=O) groups is 1. The molecule has 5 rings (SSSR count). The second kappa shape index (κ2) is 8.91. The number of hydrogen-bond donors (Lipinski definition) is 2. The topological polar surface area (TPSA) is 92.0 Å². The number of pyridine rings is 1. The number of aliphatic hydroxyl groups is 1. The maximum absolute atomic E-state index is 12.7. The van der Waals surface area contributed by atoms with Gasteiger partial charge in [0, 0.05) is 36.1 Å². The molecule has 0 spiro atoms. The molecule has 0 aliphatic carbocycles. The number of aliphatic hydroxyl groups excluding tert-OH is 1. The molecule has 0 radical (unpaired) electrons. The first kappa shape index (κ1) is 21.0. The van der Waals surface area contributed by atoms with E-state index < -0.39 is 0 Å². The maximum Gasteiger partial charge on any atom is 0.253 e. The standard InChI is InChI=1S/C25H25N5O3/c1-33-21-10-6-17(7-11-21)22-3-2-14-30-23(22)27-25(28-30)26-19-8-4-18(5-9-19)24(32)29-15-12-20(31)13-16-29/h2-11,14,20,31H,12-13,15-16H2,1H3,(H,26,28). The fourth-order valence-electron chi connectivity index (χ4n) is 4.03.